The van der Waals surface area contributed by atoms with E-state index in [1.165, 1.54) is 32.7 Å². The topological polar surface area (TPSA) is 0 Å². The molecule has 0 saturated heterocycles. The third-order valence-corrected chi connectivity index (χ3v) is 4.28. The molecule has 0 aliphatic rings. The minimum absolute atomic E-state index is 0. The van der Waals surface area contributed by atoms with Gasteiger partial charge in [0.15, 0.2) is 0 Å². The zero-order chi connectivity index (χ0) is 13.5. The van der Waals surface area contributed by atoms with Crippen LogP contribution in [-0.2, 0) is 26.2 Å². The third kappa shape index (κ3) is 3.79. The summed E-state index contributed by atoms with van der Waals surface area (Å²) < 4.78 is 0. The molecule has 0 radical (unpaired) electrons. The molecule has 0 amide bonds. The van der Waals surface area contributed by atoms with E-state index in [4.69, 9.17) is 0 Å². The minimum atomic E-state index is 0. The molecule has 0 aliphatic carbocycles. The van der Waals surface area contributed by atoms with Crippen LogP contribution in [0, 0.1) is 0 Å². The van der Waals surface area contributed by atoms with Gasteiger partial charge in [0.25, 0.3) is 0 Å². The Morgan fingerprint density at radius 2 is 1.09 bits per heavy atom. The van der Waals surface area contributed by atoms with Gasteiger partial charge in [0.2, 0.25) is 0 Å². The predicted octanol–water partition coefficient (Wildman–Crippen LogP) is -0.412. The van der Waals surface area contributed by atoms with Gasteiger partial charge in [0.1, 0.15) is 0 Å². The Hall–Kier alpha value is -0.877. The van der Waals surface area contributed by atoms with Crippen LogP contribution in [0.4, 0.5) is 0 Å². The first-order valence-electron chi connectivity index (χ1n) is 7.12. The molecule has 0 bridgehead atoms. The van der Waals surface area contributed by atoms with Crippen LogP contribution in [0.5, 0.6) is 0 Å². The van der Waals surface area contributed by atoms with Crippen LogP contribution in [0.1, 0.15) is 24.0 Å². The van der Waals surface area contributed by atoms with Crippen LogP contribution in [0.2, 0.25) is 0 Å². The molecule has 0 atom stereocenters. The molecule has 4 aromatic carbocycles. The van der Waals surface area contributed by atoms with Gasteiger partial charge in [0.05, 0.1) is 0 Å². The van der Waals surface area contributed by atoms with E-state index in [-0.39, 0.29) is 51.0 Å². The van der Waals surface area contributed by atoms with Gasteiger partial charge in [-0.3, -0.25) is 0 Å². The van der Waals surface area contributed by atoms with Crippen molar-refractivity contribution >= 4 is 21.5 Å². The molecule has 23 heavy (non-hydrogen) atoms. The fourth-order valence-corrected chi connectivity index (χ4v) is 3.04. The molecular formula is C20H16Cl2Zr. The molecule has 0 N–H and O–H groups in total. The summed E-state index contributed by atoms with van der Waals surface area (Å²) >= 11 is 0. The Bertz CT molecular complexity index is 749. The fraction of sp³-hybridized carbons (Fsp3) is 0.100. The summed E-state index contributed by atoms with van der Waals surface area (Å²) in [6.07, 6.45) is 0. The smallest absolute Gasteiger partial charge is 1.00 e. The Labute approximate surface area is 168 Å². The summed E-state index contributed by atoms with van der Waals surface area (Å²) in [5, 5.41) is 5.35. The van der Waals surface area contributed by atoms with Crippen LogP contribution in [0.3, 0.4) is 0 Å². The summed E-state index contributed by atoms with van der Waals surface area (Å²) in [6, 6.07) is 26.4. The maximum Gasteiger partial charge on any atom is 4.00 e. The summed E-state index contributed by atoms with van der Waals surface area (Å²) in [7, 11) is 0. The van der Waals surface area contributed by atoms with Gasteiger partial charge in [0, 0.05) is 0 Å². The monoisotopic (exact) mass is 416 g/mol. The number of rotatable bonds is 2. The SMILES string of the molecule is CC(c1cc2ccccc2[cH-]1)c1cc2ccccc2[cH-]1.[Cl-].[Cl-].[Zr+4]. The summed E-state index contributed by atoms with van der Waals surface area (Å²) in [6.45, 7) is 2.29. The third-order valence-electron chi connectivity index (χ3n) is 4.28. The van der Waals surface area contributed by atoms with E-state index in [0.29, 0.717) is 5.92 Å². The first kappa shape index (κ1) is 20.2. The van der Waals surface area contributed by atoms with Crippen LogP contribution < -0.4 is 24.8 Å². The summed E-state index contributed by atoms with van der Waals surface area (Å²) in [5.41, 5.74) is 2.81. The first-order valence-corrected chi connectivity index (χ1v) is 7.12. The van der Waals surface area contributed by atoms with Crippen molar-refractivity contribution in [3.8, 4) is 0 Å². The number of hydrogen-bond acceptors (Lipinski definition) is 0. The minimum Gasteiger partial charge on any atom is -1.00 e. The van der Waals surface area contributed by atoms with Crippen molar-refractivity contribution in [2.45, 2.75) is 12.8 Å². The van der Waals surface area contributed by atoms with Crippen molar-refractivity contribution < 1.29 is 51.0 Å². The molecule has 0 heterocycles. The van der Waals surface area contributed by atoms with E-state index in [1.807, 2.05) is 0 Å². The molecule has 0 aliphatic heterocycles. The van der Waals surface area contributed by atoms with Gasteiger partial charge < -0.3 is 24.8 Å². The Kier molecular flexibility index (Phi) is 7.27. The molecule has 4 rings (SSSR count). The standard InChI is InChI=1S/C20H16.2ClH.Zr/c1-14(19-10-15-6-2-3-7-16(15)11-19)20-12-17-8-4-5-9-18(17)13-20;;;/h2-14H,1H3;2*1H;/q-2;;;+4/p-2. The van der Waals surface area contributed by atoms with Gasteiger partial charge in [-0.15, -0.1) is 81.2 Å². The first-order chi connectivity index (χ1) is 9.81. The molecule has 3 heteroatoms. The van der Waals surface area contributed by atoms with E-state index in [0.717, 1.165) is 0 Å². The van der Waals surface area contributed by atoms with Crippen LogP contribution in [-0.4, -0.2) is 0 Å². The number of halogens is 2. The largest absolute Gasteiger partial charge is 4.00 e. The van der Waals surface area contributed by atoms with E-state index >= 15 is 0 Å². The average Bonchev–Trinajstić information content (AvgIpc) is 3.10. The molecule has 0 nitrogen and oxygen atoms in total. The van der Waals surface area contributed by atoms with Gasteiger partial charge in [-0.05, 0) is 5.92 Å². The van der Waals surface area contributed by atoms with Gasteiger partial charge in [-0.25, -0.2) is 0 Å². The maximum absolute atomic E-state index is 2.32. The number of hydrogen-bond donors (Lipinski definition) is 0. The second-order valence-corrected chi connectivity index (χ2v) is 5.56. The quantitative estimate of drug-likeness (QED) is 0.389. The van der Waals surface area contributed by atoms with Crippen molar-refractivity contribution in [2.24, 2.45) is 0 Å². The van der Waals surface area contributed by atoms with Gasteiger partial charge >= 0.3 is 26.2 Å². The van der Waals surface area contributed by atoms with Gasteiger partial charge in [-0.2, -0.15) is 12.1 Å². The van der Waals surface area contributed by atoms with E-state index in [1.54, 1.807) is 0 Å². The Morgan fingerprint density at radius 1 is 0.696 bits per heavy atom. The molecule has 114 valence electrons. The summed E-state index contributed by atoms with van der Waals surface area (Å²) in [4.78, 5) is 0. The van der Waals surface area contributed by atoms with Gasteiger partial charge in [-0.1, -0.05) is 19.1 Å². The normalized spacial score (nSPS) is 10.2. The van der Waals surface area contributed by atoms with E-state index in [2.05, 4.69) is 79.7 Å². The molecule has 0 aromatic heterocycles. The fourth-order valence-electron chi connectivity index (χ4n) is 3.04. The Balaban J connectivity index is 0.000000882. The molecule has 0 fully saturated rings. The van der Waals surface area contributed by atoms with E-state index < -0.39 is 0 Å². The van der Waals surface area contributed by atoms with E-state index in [9.17, 15) is 0 Å². The maximum atomic E-state index is 2.32. The molecular weight excluding hydrogens is 402 g/mol. The molecule has 0 saturated carbocycles. The van der Waals surface area contributed by atoms with Crippen molar-refractivity contribution in [1.29, 1.82) is 0 Å². The van der Waals surface area contributed by atoms with Crippen molar-refractivity contribution in [3.05, 3.63) is 83.9 Å². The Morgan fingerprint density at radius 3 is 1.48 bits per heavy atom. The molecule has 0 spiro atoms. The van der Waals surface area contributed by atoms with Crippen molar-refractivity contribution in [3.63, 3.8) is 0 Å². The molecule has 0 unspecified atom stereocenters. The second-order valence-electron chi connectivity index (χ2n) is 5.56. The van der Waals surface area contributed by atoms with Crippen molar-refractivity contribution in [2.75, 3.05) is 0 Å². The summed E-state index contributed by atoms with van der Waals surface area (Å²) in [5.74, 6) is 0.440. The number of benzene rings is 2. The second kappa shape index (κ2) is 8.29. The van der Waals surface area contributed by atoms with Crippen LogP contribution >= 0.6 is 0 Å². The number of fused-ring (bicyclic) bond motifs is 2. The van der Waals surface area contributed by atoms with Crippen LogP contribution in [0.15, 0.2) is 72.8 Å². The predicted molar refractivity (Wildman–Crippen MR) is 86.6 cm³/mol. The van der Waals surface area contributed by atoms with Crippen molar-refractivity contribution in [1.82, 2.24) is 0 Å². The zero-order valence-electron chi connectivity index (χ0n) is 12.8. The van der Waals surface area contributed by atoms with Crippen LogP contribution in [0.25, 0.3) is 21.5 Å². The molecule has 4 aromatic rings. The average molecular weight is 418 g/mol. The zero-order valence-corrected chi connectivity index (χ0v) is 16.7.